The number of urea groups is 1. The molecule has 0 spiro atoms. The lowest BCUT2D eigenvalue weighted by Crippen LogP contribution is -2.39. The molecule has 0 aromatic carbocycles. The highest BCUT2D eigenvalue weighted by Gasteiger charge is 2.18. The fraction of sp³-hybridized carbons (Fsp3) is 0.556. The van der Waals surface area contributed by atoms with Gasteiger partial charge in [-0.3, -0.25) is 10.1 Å². The van der Waals surface area contributed by atoms with E-state index in [4.69, 9.17) is 5.73 Å². The van der Waals surface area contributed by atoms with Gasteiger partial charge in [0.2, 0.25) is 11.0 Å². The monoisotopic (exact) mass is 289 g/mol. The molecular formula is C9H15N5O2S2. The fourth-order valence-electron chi connectivity index (χ4n) is 0.990. The van der Waals surface area contributed by atoms with Crippen LogP contribution in [0.4, 0.5) is 9.93 Å². The van der Waals surface area contributed by atoms with Gasteiger partial charge in [0.25, 0.3) is 0 Å². The summed E-state index contributed by atoms with van der Waals surface area (Å²) in [5.41, 5.74) is 4.87. The Labute approximate surface area is 113 Å². The van der Waals surface area contributed by atoms with Crippen molar-refractivity contribution in [3.63, 3.8) is 0 Å². The number of carbonyl (C=O) groups excluding carboxylic acids is 2. The van der Waals surface area contributed by atoms with Gasteiger partial charge in [0, 0.05) is 6.04 Å². The maximum Gasteiger partial charge on any atom is 0.318 e. The molecule has 7 nitrogen and oxygen atoms in total. The number of carbonyl (C=O) groups is 2. The summed E-state index contributed by atoms with van der Waals surface area (Å²) in [6, 6.07) is -0.585. The summed E-state index contributed by atoms with van der Waals surface area (Å²) in [7, 11) is 0. The molecule has 1 heterocycles. The summed E-state index contributed by atoms with van der Waals surface area (Å²) in [5, 5.41) is 13.3. The summed E-state index contributed by atoms with van der Waals surface area (Å²) in [5.74, 6) is -0.443. The number of imide groups is 1. The Kier molecular flexibility index (Phi) is 5.35. The Hall–Kier alpha value is -1.35. The van der Waals surface area contributed by atoms with Crippen molar-refractivity contribution in [1.29, 1.82) is 0 Å². The molecule has 9 heteroatoms. The van der Waals surface area contributed by atoms with E-state index in [0.29, 0.717) is 9.47 Å². The van der Waals surface area contributed by atoms with Crippen LogP contribution in [0.25, 0.3) is 0 Å². The van der Waals surface area contributed by atoms with Crippen LogP contribution < -0.4 is 16.4 Å². The van der Waals surface area contributed by atoms with Crippen LogP contribution in [0.3, 0.4) is 0 Å². The van der Waals surface area contributed by atoms with E-state index in [9.17, 15) is 9.59 Å². The largest absolute Gasteiger partial charge is 0.358 e. The number of amides is 3. The van der Waals surface area contributed by atoms with Crippen LogP contribution in [0, 0.1) is 0 Å². The number of thioether (sulfide) groups is 1. The molecule has 100 valence electrons. The molecule has 0 saturated carbocycles. The number of hydrogen-bond donors (Lipinski definition) is 3. The molecule has 1 aromatic rings. The average Bonchev–Trinajstić information content (AvgIpc) is 2.63. The number of rotatable bonds is 5. The number of nitrogens with zero attached hydrogens (tertiary/aromatic N) is 2. The van der Waals surface area contributed by atoms with Crippen LogP contribution in [0.2, 0.25) is 0 Å². The fourth-order valence-corrected chi connectivity index (χ4v) is 3.03. The van der Waals surface area contributed by atoms with Crippen LogP contribution in [-0.4, -0.2) is 33.4 Å². The van der Waals surface area contributed by atoms with Gasteiger partial charge in [-0.2, -0.15) is 0 Å². The SMILES string of the molecule is CC(C)Nc1nnc(SC(C)C(=O)NC(N)=O)s1. The Bertz CT molecular complexity index is 434. The van der Waals surface area contributed by atoms with Crippen LogP contribution in [0.15, 0.2) is 4.34 Å². The molecule has 0 aliphatic heterocycles. The number of nitrogens with two attached hydrogens (primary N) is 1. The first-order valence-corrected chi connectivity index (χ1v) is 6.95. The molecule has 0 bridgehead atoms. The molecule has 0 radical (unpaired) electrons. The van der Waals surface area contributed by atoms with Crippen molar-refractivity contribution in [2.45, 2.75) is 36.4 Å². The van der Waals surface area contributed by atoms with Crippen LogP contribution in [0.1, 0.15) is 20.8 Å². The molecule has 0 fully saturated rings. The average molecular weight is 289 g/mol. The first-order chi connectivity index (χ1) is 8.38. The molecule has 18 heavy (non-hydrogen) atoms. The third kappa shape index (κ3) is 4.88. The lowest BCUT2D eigenvalue weighted by molar-refractivity contribution is -0.119. The second kappa shape index (κ2) is 6.55. The third-order valence-corrected chi connectivity index (χ3v) is 3.75. The Balaban J connectivity index is 2.54. The van der Waals surface area contributed by atoms with Gasteiger partial charge in [-0.1, -0.05) is 23.1 Å². The quantitative estimate of drug-likeness (QED) is 0.698. The number of anilines is 1. The number of nitrogens with one attached hydrogen (secondary N) is 2. The summed E-state index contributed by atoms with van der Waals surface area (Å²) in [6.45, 7) is 5.66. The Morgan fingerprint density at radius 1 is 1.33 bits per heavy atom. The molecule has 1 atom stereocenters. The summed E-state index contributed by atoms with van der Waals surface area (Å²) >= 11 is 2.59. The van der Waals surface area contributed by atoms with E-state index in [1.54, 1.807) is 6.92 Å². The van der Waals surface area contributed by atoms with Crippen LogP contribution >= 0.6 is 23.1 Å². The second-order valence-corrected chi connectivity index (χ2v) is 6.35. The predicted octanol–water partition coefficient (Wildman–Crippen LogP) is 1.03. The van der Waals surface area contributed by atoms with Crippen molar-refractivity contribution in [2.24, 2.45) is 5.73 Å². The molecule has 4 N–H and O–H groups in total. The van der Waals surface area contributed by atoms with Gasteiger partial charge in [-0.25, -0.2) is 4.79 Å². The van der Waals surface area contributed by atoms with Crippen molar-refractivity contribution >= 4 is 40.2 Å². The summed E-state index contributed by atoms with van der Waals surface area (Å²) in [4.78, 5) is 22.0. The Morgan fingerprint density at radius 2 is 2.00 bits per heavy atom. The van der Waals surface area contributed by atoms with E-state index in [0.717, 1.165) is 0 Å². The highest BCUT2D eigenvalue weighted by Crippen LogP contribution is 2.29. The zero-order valence-electron chi connectivity index (χ0n) is 10.3. The van der Waals surface area contributed by atoms with Gasteiger partial charge in [0.1, 0.15) is 0 Å². The van der Waals surface area contributed by atoms with Gasteiger partial charge >= 0.3 is 6.03 Å². The third-order valence-electron chi connectivity index (χ3n) is 1.71. The lowest BCUT2D eigenvalue weighted by Gasteiger charge is -2.06. The van der Waals surface area contributed by atoms with Crippen molar-refractivity contribution in [3.05, 3.63) is 0 Å². The predicted molar refractivity (Wildman–Crippen MR) is 71.7 cm³/mol. The molecule has 0 saturated heterocycles. The molecule has 3 amide bonds. The zero-order chi connectivity index (χ0) is 13.7. The minimum atomic E-state index is -0.855. The highest BCUT2D eigenvalue weighted by atomic mass is 32.2. The minimum Gasteiger partial charge on any atom is -0.358 e. The van der Waals surface area contributed by atoms with Crippen molar-refractivity contribution in [2.75, 3.05) is 5.32 Å². The van der Waals surface area contributed by atoms with Gasteiger partial charge in [-0.15, -0.1) is 10.2 Å². The van der Waals surface area contributed by atoms with Crippen LogP contribution in [-0.2, 0) is 4.79 Å². The molecule has 1 aromatic heterocycles. The van der Waals surface area contributed by atoms with E-state index < -0.39 is 17.2 Å². The molecule has 0 aliphatic rings. The van der Waals surface area contributed by atoms with Gasteiger partial charge in [-0.05, 0) is 20.8 Å². The number of aromatic nitrogens is 2. The van der Waals surface area contributed by atoms with Gasteiger partial charge in [0.05, 0.1) is 5.25 Å². The first-order valence-electron chi connectivity index (χ1n) is 5.25. The minimum absolute atomic E-state index is 0.270. The van der Waals surface area contributed by atoms with E-state index in [1.165, 1.54) is 23.1 Å². The summed E-state index contributed by atoms with van der Waals surface area (Å²) < 4.78 is 0.658. The number of primary amides is 1. The van der Waals surface area contributed by atoms with Crippen LogP contribution in [0.5, 0.6) is 0 Å². The van der Waals surface area contributed by atoms with Crippen molar-refractivity contribution in [1.82, 2.24) is 15.5 Å². The first kappa shape index (κ1) is 14.7. The molecule has 0 aliphatic carbocycles. The standard InChI is InChI=1S/C9H15N5O2S2/c1-4(2)11-8-13-14-9(18-8)17-5(3)6(15)12-7(10)16/h4-5H,1-3H3,(H,11,13)(H3,10,12,15,16). The van der Waals surface area contributed by atoms with Gasteiger partial charge < -0.3 is 11.1 Å². The molecule has 1 rings (SSSR count). The normalized spacial score (nSPS) is 12.2. The topological polar surface area (TPSA) is 110 Å². The molecule has 1 unspecified atom stereocenters. The van der Waals surface area contributed by atoms with E-state index in [-0.39, 0.29) is 6.04 Å². The van der Waals surface area contributed by atoms with E-state index >= 15 is 0 Å². The van der Waals surface area contributed by atoms with E-state index in [1.807, 2.05) is 19.2 Å². The van der Waals surface area contributed by atoms with Crippen molar-refractivity contribution in [3.8, 4) is 0 Å². The smallest absolute Gasteiger partial charge is 0.318 e. The van der Waals surface area contributed by atoms with Crippen molar-refractivity contribution < 1.29 is 9.59 Å². The summed E-state index contributed by atoms with van der Waals surface area (Å²) in [6.07, 6.45) is 0. The van der Waals surface area contributed by atoms with E-state index in [2.05, 4.69) is 15.5 Å². The number of hydrogen-bond acceptors (Lipinski definition) is 7. The second-order valence-electron chi connectivity index (χ2n) is 3.79. The zero-order valence-corrected chi connectivity index (χ0v) is 11.9. The molecular weight excluding hydrogens is 274 g/mol. The maximum absolute atomic E-state index is 11.5. The highest BCUT2D eigenvalue weighted by molar-refractivity contribution is 8.02. The maximum atomic E-state index is 11.5. The van der Waals surface area contributed by atoms with Gasteiger partial charge in [0.15, 0.2) is 4.34 Å². The Morgan fingerprint density at radius 3 is 2.56 bits per heavy atom. The lowest BCUT2D eigenvalue weighted by atomic mass is 10.4.